The quantitative estimate of drug-likeness (QED) is 0.239. The first-order chi connectivity index (χ1) is 16.8. The molecule has 35 heavy (non-hydrogen) atoms. The van der Waals surface area contributed by atoms with Crippen LogP contribution in [0.1, 0.15) is 39.4 Å². The summed E-state index contributed by atoms with van der Waals surface area (Å²) < 4.78 is 1.74. The molecule has 0 amide bonds. The van der Waals surface area contributed by atoms with Crippen molar-refractivity contribution in [3.05, 3.63) is 82.5 Å². The Bertz CT molecular complexity index is 1280. The molecule has 1 unspecified atom stereocenters. The van der Waals surface area contributed by atoms with E-state index >= 15 is 0 Å². The Kier molecular flexibility index (Phi) is 7.24. The van der Waals surface area contributed by atoms with Crippen molar-refractivity contribution in [1.29, 1.82) is 0 Å². The Balaban J connectivity index is 1.82. The number of nitrogens with one attached hydrogen (secondary N) is 1. The van der Waals surface area contributed by atoms with Crippen LogP contribution in [0.4, 0.5) is 17.2 Å². The van der Waals surface area contributed by atoms with Crippen molar-refractivity contribution in [2.24, 2.45) is 11.8 Å². The Morgan fingerprint density at radius 3 is 2.37 bits per heavy atom. The Labute approximate surface area is 204 Å². The van der Waals surface area contributed by atoms with Gasteiger partial charge in [-0.25, -0.2) is 9.67 Å². The van der Waals surface area contributed by atoms with Crippen molar-refractivity contribution in [3.8, 4) is 0 Å². The molecule has 9 nitrogen and oxygen atoms in total. The monoisotopic (exact) mass is 473 g/mol. The summed E-state index contributed by atoms with van der Waals surface area (Å²) in [7, 11) is 0. The van der Waals surface area contributed by atoms with Gasteiger partial charge in [0.25, 0.3) is 5.69 Å². The van der Waals surface area contributed by atoms with Crippen LogP contribution in [-0.2, 0) is 0 Å². The number of nitrogens with zero attached hydrogens (tertiary/aromatic N) is 6. The summed E-state index contributed by atoms with van der Waals surface area (Å²) in [6, 6.07) is 18.6. The zero-order valence-electron chi connectivity index (χ0n) is 20.5. The number of hydrogen-bond donors (Lipinski definition) is 1. The summed E-state index contributed by atoms with van der Waals surface area (Å²) in [5, 5.41) is 24.3. The molecule has 1 N–H and O–H groups in total. The highest BCUT2D eigenvalue weighted by atomic mass is 16.6. The van der Waals surface area contributed by atoms with Crippen molar-refractivity contribution in [2.75, 3.05) is 23.3 Å². The second-order valence-corrected chi connectivity index (χ2v) is 9.48. The molecule has 182 valence electrons. The highest BCUT2D eigenvalue weighted by Crippen LogP contribution is 2.34. The van der Waals surface area contributed by atoms with E-state index in [9.17, 15) is 10.1 Å². The van der Waals surface area contributed by atoms with Gasteiger partial charge in [-0.3, -0.25) is 10.1 Å². The first kappa shape index (κ1) is 24.1. The van der Waals surface area contributed by atoms with Gasteiger partial charge in [0.15, 0.2) is 0 Å². The Morgan fingerprint density at radius 2 is 1.71 bits per heavy atom. The van der Waals surface area contributed by atoms with Crippen LogP contribution in [0.15, 0.2) is 66.9 Å². The summed E-state index contributed by atoms with van der Waals surface area (Å²) >= 11 is 0. The first-order valence-electron chi connectivity index (χ1n) is 11.8. The Hall–Kier alpha value is -4.01. The zero-order valence-corrected chi connectivity index (χ0v) is 20.5. The van der Waals surface area contributed by atoms with Crippen LogP contribution >= 0.6 is 0 Å². The number of hydrogen-bond acceptors (Lipinski definition) is 7. The minimum atomic E-state index is -0.548. The third-order valence-corrected chi connectivity index (χ3v) is 5.60. The number of anilines is 2. The third-order valence-electron chi connectivity index (χ3n) is 5.60. The van der Waals surface area contributed by atoms with Crippen LogP contribution in [0, 0.1) is 22.0 Å². The second-order valence-electron chi connectivity index (χ2n) is 9.48. The summed E-state index contributed by atoms with van der Waals surface area (Å²) in [6.07, 6.45) is 1.15. The first-order valence-corrected chi connectivity index (χ1v) is 11.8. The molecule has 2 heterocycles. The lowest BCUT2D eigenvalue weighted by Gasteiger charge is -2.29. The smallest absolute Gasteiger partial charge is 0.292 e. The molecule has 2 aromatic carbocycles. The molecular weight excluding hydrogens is 442 g/mol. The van der Waals surface area contributed by atoms with E-state index in [1.54, 1.807) is 16.9 Å². The standard InChI is InChI=1S/C26H31N7O2/c1-18(2)16-31(17-19(3)4)23-13-12-20(15-24(23)33(34)35)26(28-25-11-7-8-14-27-25)32-22-10-6-5-9-21(22)29-30-32/h5-15,18-19,26H,16-17H2,1-4H3,(H,27,28). The number of benzene rings is 2. The van der Waals surface area contributed by atoms with Gasteiger partial charge in [0.05, 0.1) is 10.4 Å². The molecule has 2 aromatic heterocycles. The molecule has 0 aliphatic rings. The van der Waals surface area contributed by atoms with Crippen molar-refractivity contribution in [3.63, 3.8) is 0 Å². The number of nitro benzene ring substituents is 1. The Morgan fingerprint density at radius 1 is 1.00 bits per heavy atom. The van der Waals surface area contributed by atoms with E-state index < -0.39 is 6.17 Å². The van der Waals surface area contributed by atoms with E-state index in [-0.39, 0.29) is 10.6 Å². The molecule has 4 aromatic rings. The van der Waals surface area contributed by atoms with E-state index in [4.69, 9.17) is 0 Å². The van der Waals surface area contributed by atoms with Crippen LogP contribution in [0.3, 0.4) is 0 Å². The van der Waals surface area contributed by atoms with Crippen LogP contribution in [0.5, 0.6) is 0 Å². The van der Waals surface area contributed by atoms with Gasteiger partial charge in [-0.15, -0.1) is 5.10 Å². The normalized spacial score (nSPS) is 12.3. The van der Waals surface area contributed by atoms with Crippen LogP contribution < -0.4 is 10.2 Å². The second kappa shape index (κ2) is 10.5. The molecule has 0 radical (unpaired) electrons. The van der Waals surface area contributed by atoms with Crippen LogP contribution in [0.25, 0.3) is 11.0 Å². The van der Waals surface area contributed by atoms with Gasteiger partial charge in [0.1, 0.15) is 23.2 Å². The molecule has 0 aliphatic heterocycles. The van der Waals surface area contributed by atoms with Gasteiger partial charge in [-0.2, -0.15) is 0 Å². The molecule has 4 rings (SSSR count). The topological polar surface area (TPSA) is 102 Å². The molecule has 0 bridgehead atoms. The summed E-state index contributed by atoms with van der Waals surface area (Å²) in [5.41, 5.74) is 2.94. The minimum absolute atomic E-state index is 0.0704. The fraction of sp³-hybridized carbons (Fsp3) is 0.346. The number of aromatic nitrogens is 4. The lowest BCUT2D eigenvalue weighted by atomic mass is 10.1. The highest BCUT2D eigenvalue weighted by molar-refractivity contribution is 5.74. The van der Waals surface area contributed by atoms with E-state index in [1.807, 2.05) is 54.6 Å². The fourth-order valence-electron chi connectivity index (χ4n) is 4.23. The van der Waals surface area contributed by atoms with Gasteiger partial charge >= 0.3 is 0 Å². The van der Waals surface area contributed by atoms with Gasteiger partial charge in [-0.1, -0.05) is 57.2 Å². The molecule has 0 fully saturated rings. The summed E-state index contributed by atoms with van der Waals surface area (Å²) in [5.74, 6) is 1.37. The average molecular weight is 474 g/mol. The summed E-state index contributed by atoms with van der Waals surface area (Å²) in [4.78, 5) is 18.4. The van der Waals surface area contributed by atoms with E-state index in [1.165, 1.54) is 0 Å². The predicted molar refractivity (Wildman–Crippen MR) is 139 cm³/mol. The van der Waals surface area contributed by atoms with Crippen LogP contribution in [-0.4, -0.2) is 38.0 Å². The molecular formula is C26H31N7O2. The molecule has 0 spiro atoms. The van der Waals surface area contributed by atoms with E-state index in [0.717, 1.165) is 24.1 Å². The van der Waals surface area contributed by atoms with Gasteiger partial charge in [0.2, 0.25) is 0 Å². The maximum Gasteiger partial charge on any atom is 0.292 e. The SMILES string of the molecule is CC(C)CN(CC(C)C)c1ccc(C(Nc2ccccn2)n2nnc3ccccc32)cc1[N+](=O)[O-]. The lowest BCUT2D eigenvalue weighted by Crippen LogP contribution is -2.32. The van der Waals surface area contributed by atoms with Gasteiger partial charge < -0.3 is 10.2 Å². The van der Waals surface area contributed by atoms with Crippen molar-refractivity contribution in [2.45, 2.75) is 33.9 Å². The highest BCUT2D eigenvalue weighted by Gasteiger charge is 2.26. The molecule has 1 atom stereocenters. The molecule has 9 heteroatoms. The van der Waals surface area contributed by atoms with Crippen molar-refractivity contribution >= 4 is 28.2 Å². The average Bonchev–Trinajstić information content (AvgIpc) is 3.26. The number of para-hydroxylation sites is 1. The van der Waals surface area contributed by atoms with E-state index in [2.05, 4.69) is 53.2 Å². The fourth-order valence-corrected chi connectivity index (χ4v) is 4.23. The number of rotatable bonds is 10. The largest absolute Gasteiger partial charge is 0.365 e. The predicted octanol–water partition coefficient (Wildman–Crippen LogP) is 5.51. The van der Waals surface area contributed by atoms with Gasteiger partial charge in [0, 0.05) is 30.9 Å². The third kappa shape index (κ3) is 5.56. The van der Waals surface area contributed by atoms with E-state index in [0.29, 0.717) is 28.9 Å². The zero-order chi connectivity index (χ0) is 24.9. The maximum atomic E-state index is 12.2. The number of pyridine rings is 1. The van der Waals surface area contributed by atoms with Crippen LogP contribution in [0.2, 0.25) is 0 Å². The maximum absolute atomic E-state index is 12.2. The van der Waals surface area contributed by atoms with Gasteiger partial charge in [-0.05, 0) is 42.2 Å². The lowest BCUT2D eigenvalue weighted by molar-refractivity contribution is -0.384. The number of fused-ring (bicyclic) bond motifs is 1. The van der Waals surface area contributed by atoms with Crippen molar-refractivity contribution in [1.82, 2.24) is 20.0 Å². The summed E-state index contributed by atoms with van der Waals surface area (Å²) in [6.45, 7) is 9.96. The molecule has 0 saturated heterocycles. The number of nitro groups is 1. The van der Waals surface area contributed by atoms with Crippen molar-refractivity contribution < 1.29 is 4.92 Å². The molecule has 0 aliphatic carbocycles. The molecule has 0 saturated carbocycles. The minimum Gasteiger partial charge on any atom is -0.365 e.